The summed E-state index contributed by atoms with van der Waals surface area (Å²) in [5.74, 6) is 0.768. The quantitative estimate of drug-likeness (QED) is 0.672. The predicted octanol–water partition coefficient (Wildman–Crippen LogP) is 2.89. The SMILES string of the molecule is CCOc1ccc(N=c2oc3c(C)ncc(CO)c3cc2C(N)=S)cc1. The Kier molecular flexibility index (Phi) is 5.29. The first kappa shape index (κ1) is 18.0. The van der Waals surface area contributed by atoms with Crippen molar-refractivity contribution in [2.24, 2.45) is 10.7 Å². The second-order valence-corrected chi connectivity index (χ2v) is 6.08. The summed E-state index contributed by atoms with van der Waals surface area (Å²) >= 11 is 5.16. The third-order valence-electron chi connectivity index (χ3n) is 3.87. The molecule has 0 spiro atoms. The maximum Gasteiger partial charge on any atom is 0.230 e. The molecule has 2 heterocycles. The monoisotopic (exact) mass is 369 g/mol. The van der Waals surface area contributed by atoms with Crippen LogP contribution in [0.3, 0.4) is 0 Å². The molecule has 0 radical (unpaired) electrons. The molecule has 7 heteroatoms. The number of ether oxygens (including phenoxy) is 1. The summed E-state index contributed by atoms with van der Waals surface area (Å²) in [4.78, 5) is 8.95. The van der Waals surface area contributed by atoms with Crippen molar-refractivity contribution in [1.82, 2.24) is 4.98 Å². The highest BCUT2D eigenvalue weighted by molar-refractivity contribution is 7.80. The minimum absolute atomic E-state index is 0.161. The van der Waals surface area contributed by atoms with Crippen molar-refractivity contribution >= 4 is 33.9 Å². The Labute approximate surface area is 156 Å². The van der Waals surface area contributed by atoms with Crippen molar-refractivity contribution in [3.63, 3.8) is 0 Å². The van der Waals surface area contributed by atoms with Crippen LogP contribution in [0.25, 0.3) is 11.0 Å². The second-order valence-electron chi connectivity index (χ2n) is 5.64. The van der Waals surface area contributed by atoms with E-state index < -0.39 is 0 Å². The van der Waals surface area contributed by atoms with Crippen LogP contribution < -0.4 is 16.0 Å². The van der Waals surface area contributed by atoms with Gasteiger partial charge in [0.15, 0.2) is 5.58 Å². The molecule has 1 aromatic carbocycles. The van der Waals surface area contributed by atoms with Gasteiger partial charge in [0.05, 0.1) is 30.2 Å². The van der Waals surface area contributed by atoms with Crippen LogP contribution in [0.5, 0.6) is 5.75 Å². The standard InChI is InChI=1S/C19H19N3O3S/c1-3-24-14-6-4-13(5-7-14)22-19-16(18(20)26)8-15-12(10-23)9-21-11(2)17(15)25-19/h4-9,23H,3,10H2,1-2H3,(H2,20,26). The van der Waals surface area contributed by atoms with Crippen LogP contribution in [0.4, 0.5) is 5.69 Å². The number of pyridine rings is 1. The molecule has 3 rings (SSSR count). The minimum Gasteiger partial charge on any atom is -0.494 e. The topological polar surface area (TPSA) is 93.9 Å². The van der Waals surface area contributed by atoms with Crippen LogP contribution in [-0.4, -0.2) is 21.7 Å². The fourth-order valence-electron chi connectivity index (χ4n) is 2.57. The molecule has 0 aliphatic heterocycles. The number of benzene rings is 1. The van der Waals surface area contributed by atoms with E-state index >= 15 is 0 Å². The minimum atomic E-state index is -0.161. The van der Waals surface area contributed by atoms with Crippen molar-refractivity contribution in [1.29, 1.82) is 0 Å². The van der Waals surface area contributed by atoms with E-state index in [-0.39, 0.29) is 11.6 Å². The van der Waals surface area contributed by atoms with Gasteiger partial charge in [0.25, 0.3) is 0 Å². The van der Waals surface area contributed by atoms with Crippen LogP contribution in [0, 0.1) is 6.92 Å². The number of thiocarbonyl (C=S) groups is 1. The Morgan fingerprint density at radius 3 is 2.69 bits per heavy atom. The van der Waals surface area contributed by atoms with Gasteiger partial charge >= 0.3 is 0 Å². The molecule has 2 aromatic heterocycles. The lowest BCUT2D eigenvalue weighted by Gasteiger charge is -2.08. The summed E-state index contributed by atoms with van der Waals surface area (Å²) in [6, 6.07) is 9.10. The summed E-state index contributed by atoms with van der Waals surface area (Å²) in [6.45, 7) is 4.19. The third-order valence-corrected chi connectivity index (χ3v) is 4.09. The highest BCUT2D eigenvalue weighted by atomic mass is 32.1. The van der Waals surface area contributed by atoms with Gasteiger partial charge in [-0.2, -0.15) is 0 Å². The molecule has 0 atom stereocenters. The smallest absolute Gasteiger partial charge is 0.230 e. The molecular weight excluding hydrogens is 350 g/mol. The molecule has 0 aliphatic carbocycles. The lowest BCUT2D eigenvalue weighted by atomic mass is 10.1. The van der Waals surface area contributed by atoms with Crippen molar-refractivity contribution in [3.05, 3.63) is 58.9 Å². The van der Waals surface area contributed by atoms with E-state index in [4.69, 9.17) is 27.1 Å². The highest BCUT2D eigenvalue weighted by Crippen LogP contribution is 2.22. The molecule has 0 aliphatic rings. The van der Waals surface area contributed by atoms with E-state index in [9.17, 15) is 5.11 Å². The Morgan fingerprint density at radius 2 is 2.08 bits per heavy atom. The summed E-state index contributed by atoms with van der Waals surface area (Å²) < 4.78 is 11.4. The van der Waals surface area contributed by atoms with Gasteiger partial charge in [-0.3, -0.25) is 4.98 Å². The van der Waals surface area contributed by atoms with E-state index in [2.05, 4.69) is 9.98 Å². The molecule has 6 nitrogen and oxygen atoms in total. The largest absolute Gasteiger partial charge is 0.494 e. The number of nitrogens with two attached hydrogens (primary N) is 1. The molecular formula is C19H19N3O3S. The first-order chi connectivity index (χ1) is 12.5. The van der Waals surface area contributed by atoms with Gasteiger partial charge in [0, 0.05) is 17.1 Å². The van der Waals surface area contributed by atoms with Gasteiger partial charge in [0.2, 0.25) is 5.55 Å². The predicted molar refractivity (Wildman–Crippen MR) is 103 cm³/mol. The van der Waals surface area contributed by atoms with Crippen molar-refractivity contribution in [2.75, 3.05) is 6.61 Å². The van der Waals surface area contributed by atoms with Crippen LogP contribution in [0.1, 0.15) is 23.7 Å². The van der Waals surface area contributed by atoms with Gasteiger partial charge in [-0.05, 0) is 44.2 Å². The van der Waals surface area contributed by atoms with Gasteiger partial charge in [-0.25, -0.2) is 4.99 Å². The van der Waals surface area contributed by atoms with E-state index in [0.717, 1.165) is 5.75 Å². The van der Waals surface area contributed by atoms with Crippen LogP contribution in [0.2, 0.25) is 0 Å². The summed E-state index contributed by atoms with van der Waals surface area (Å²) in [5, 5.41) is 10.3. The first-order valence-corrected chi connectivity index (χ1v) is 8.55. The molecule has 0 saturated carbocycles. The van der Waals surface area contributed by atoms with Gasteiger partial charge in [0.1, 0.15) is 10.7 Å². The molecule has 134 valence electrons. The lowest BCUT2D eigenvalue weighted by molar-refractivity contribution is 0.282. The van der Waals surface area contributed by atoms with E-state index in [1.165, 1.54) is 0 Å². The molecule has 0 bridgehead atoms. The summed E-state index contributed by atoms with van der Waals surface area (Å²) in [6.07, 6.45) is 1.61. The number of hydrogen-bond donors (Lipinski definition) is 2. The average molecular weight is 369 g/mol. The Balaban J connectivity index is 2.22. The molecule has 3 N–H and O–H groups in total. The fourth-order valence-corrected chi connectivity index (χ4v) is 2.72. The number of aromatic nitrogens is 1. The van der Waals surface area contributed by atoms with Crippen molar-refractivity contribution in [3.8, 4) is 5.75 Å². The van der Waals surface area contributed by atoms with Gasteiger partial charge in [-0.1, -0.05) is 12.2 Å². The molecule has 0 amide bonds. The Bertz CT molecular complexity index is 1030. The second kappa shape index (κ2) is 7.63. The Hall–Kier alpha value is -2.77. The van der Waals surface area contributed by atoms with Crippen LogP contribution in [-0.2, 0) is 6.61 Å². The Morgan fingerprint density at radius 1 is 1.35 bits per heavy atom. The third kappa shape index (κ3) is 3.58. The number of aliphatic hydroxyl groups excluding tert-OH is 1. The number of rotatable bonds is 5. The van der Waals surface area contributed by atoms with E-state index in [1.807, 2.05) is 38.1 Å². The number of hydrogen-bond acceptors (Lipinski definition) is 6. The molecule has 0 saturated heterocycles. The number of nitrogens with zero attached hydrogens (tertiary/aromatic N) is 2. The zero-order valence-electron chi connectivity index (χ0n) is 14.5. The van der Waals surface area contributed by atoms with Crippen LogP contribution in [0.15, 0.2) is 45.9 Å². The zero-order valence-corrected chi connectivity index (χ0v) is 15.3. The van der Waals surface area contributed by atoms with Gasteiger partial charge in [-0.15, -0.1) is 0 Å². The van der Waals surface area contributed by atoms with E-state index in [1.54, 1.807) is 12.3 Å². The van der Waals surface area contributed by atoms with E-state index in [0.29, 0.717) is 45.6 Å². The van der Waals surface area contributed by atoms with Gasteiger partial charge < -0.3 is 20.0 Å². The normalized spacial score (nSPS) is 11.7. The van der Waals surface area contributed by atoms with Crippen molar-refractivity contribution < 1.29 is 14.3 Å². The summed E-state index contributed by atoms with van der Waals surface area (Å²) in [7, 11) is 0. The average Bonchev–Trinajstić information content (AvgIpc) is 2.64. The molecule has 3 aromatic rings. The molecule has 26 heavy (non-hydrogen) atoms. The number of fused-ring (bicyclic) bond motifs is 1. The summed E-state index contributed by atoms with van der Waals surface area (Å²) in [5.41, 5.74) is 9.22. The maximum absolute atomic E-state index is 9.55. The lowest BCUT2D eigenvalue weighted by Crippen LogP contribution is -2.21. The number of aryl methyl sites for hydroxylation is 1. The molecule has 0 fully saturated rings. The molecule has 0 unspecified atom stereocenters. The zero-order chi connectivity index (χ0) is 18.7. The van der Waals surface area contributed by atoms with Crippen molar-refractivity contribution in [2.45, 2.75) is 20.5 Å². The number of aliphatic hydroxyl groups is 1. The fraction of sp³-hybridized carbons (Fsp3) is 0.211. The highest BCUT2D eigenvalue weighted by Gasteiger charge is 2.12. The maximum atomic E-state index is 9.55. The van der Waals surface area contributed by atoms with Crippen LogP contribution >= 0.6 is 12.2 Å². The first-order valence-electron chi connectivity index (χ1n) is 8.14.